The van der Waals surface area contributed by atoms with Gasteiger partial charge in [0.25, 0.3) is 11.6 Å². The van der Waals surface area contributed by atoms with Crippen LogP contribution in [0.5, 0.6) is 5.88 Å². The van der Waals surface area contributed by atoms with Gasteiger partial charge in [0.15, 0.2) is 5.82 Å². The largest absolute Gasteiger partial charge is 0.441 e. The van der Waals surface area contributed by atoms with Crippen molar-refractivity contribution in [2.75, 3.05) is 11.6 Å². The second-order valence-electron chi connectivity index (χ2n) is 15.9. The number of benzene rings is 3. The minimum atomic E-state index is -0.992. The molecule has 2 aromatic heterocycles. The van der Waals surface area contributed by atoms with Crippen molar-refractivity contribution < 1.29 is 14.3 Å². The average molecular weight is 682 g/mol. The second kappa shape index (κ2) is 12.8. The lowest BCUT2D eigenvalue weighted by molar-refractivity contribution is -0.132. The van der Waals surface area contributed by atoms with Crippen molar-refractivity contribution >= 4 is 29.0 Å². The van der Waals surface area contributed by atoms with Gasteiger partial charge in [-0.2, -0.15) is 15.4 Å². The topological polar surface area (TPSA) is 111 Å². The molecule has 10 heteroatoms. The van der Waals surface area contributed by atoms with Crippen LogP contribution in [-0.4, -0.2) is 38.2 Å². The monoisotopic (exact) mass is 681 g/mol. The maximum atomic E-state index is 14.0. The van der Waals surface area contributed by atoms with Crippen LogP contribution in [0.1, 0.15) is 82.7 Å². The maximum Gasteiger partial charge on any atom is 0.441 e. The highest BCUT2D eigenvalue weighted by atomic mass is 16.6. The Labute approximate surface area is 299 Å². The Balaban J connectivity index is 1.38. The summed E-state index contributed by atoms with van der Waals surface area (Å²) in [6.07, 6.45) is 0.732. The van der Waals surface area contributed by atoms with E-state index in [9.17, 15) is 14.9 Å². The molecule has 0 saturated carbocycles. The molecule has 3 aromatic carbocycles. The van der Waals surface area contributed by atoms with Crippen molar-refractivity contribution in [3.63, 3.8) is 0 Å². The van der Waals surface area contributed by atoms with Gasteiger partial charge in [-0.1, -0.05) is 89.2 Å². The number of aromatic amines is 1. The summed E-state index contributed by atoms with van der Waals surface area (Å²) in [4.78, 5) is 31.1. The molecule has 260 valence electrons. The van der Waals surface area contributed by atoms with Crippen LogP contribution in [-0.2, 0) is 16.6 Å². The lowest BCUT2D eigenvalue weighted by atomic mass is 9.72. The number of aryl methyl sites for hydroxylation is 1. The number of nitrogens with zero attached hydrogens (tertiary/aromatic N) is 6. The van der Waals surface area contributed by atoms with Gasteiger partial charge in [-0.05, 0) is 84.9 Å². The first-order valence-corrected chi connectivity index (χ1v) is 17.0. The molecule has 6 rings (SSSR count). The van der Waals surface area contributed by atoms with E-state index in [-0.39, 0.29) is 40.2 Å². The number of nitrogens with one attached hydrogen (secondary N) is 1. The highest BCUT2D eigenvalue weighted by molar-refractivity contribution is 6.00. The van der Waals surface area contributed by atoms with Crippen LogP contribution in [0, 0.1) is 35.7 Å². The van der Waals surface area contributed by atoms with Crippen molar-refractivity contribution in [2.24, 2.45) is 10.8 Å². The predicted octanol–water partition coefficient (Wildman–Crippen LogP) is 9.15. The molecular weight excluding hydrogens is 638 g/mol. The van der Waals surface area contributed by atoms with Crippen molar-refractivity contribution in [2.45, 2.75) is 73.6 Å². The summed E-state index contributed by atoms with van der Waals surface area (Å²) in [6, 6.07) is 25.8. The van der Waals surface area contributed by atoms with Gasteiger partial charge in [-0.3, -0.25) is 19.3 Å². The van der Waals surface area contributed by atoms with E-state index in [4.69, 9.17) is 11.3 Å². The Morgan fingerprint density at radius 2 is 1.78 bits per heavy atom. The SMILES string of the molecule is [C-]#[N+]c1c(C#N)c2[nH]nc(-c3cccc(Cc4cc(C(C)(C)CC(C)(C)C)ccc4C)c3)n2c1OC(=O)N1C(=O)C(C)(C)CN1c1ccccc1. The number of imide groups is 1. The summed E-state index contributed by atoms with van der Waals surface area (Å²) in [5.41, 5.74) is 5.42. The highest BCUT2D eigenvalue weighted by Gasteiger charge is 2.49. The Morgan fingerprint density at radius 3 is 2.45 bits per heavy atom. The molecule has 0 aliphatic carbocycles. The third kappa shape index (κ3) is 6.58. The van der Waals surface area contributed by atoms with Gasteiger partial charge in [-0.15, -0.1) is 0 Å². The lowest BCUT2D eigenvalue weighted by Crippen LogP contribution is -2.45. The van der Waals surface area contributed by atoms with Gasteiger partial charge >= 0.3 is 6.09 Å². The van der Waals surface area contributed by atoms with Crippen LogP contribution >= 0.6 is 0 Å². The van der Waals surface area contributed by atoms with Gasteiger partial charge in [-0.25, -0.2) is 9.64 Å². The fourth-order valence-corrected chi connectivity index (χ4v) is 7.27. The van der Waals surface area contributed by atoms with E-state index < -0.39 is 17.4 Å². The zero-order valence-corrected chi connectivity index (χ0v) is 30.5. The Kier molecular flexibility index (Phi) is 8.77. The molecular formula is C41H43N7O3. The van der Waals surface area contributed by atoms with E-state index in [1.165, 1.54) is 21.1 Å². The molecule has 0 spiro atoms. The number of para-hydroxylation sites is 1. The molecule has 1 saturated heterocycles. The first-order chi connectivity index (χ1) is 24.0. The number of ether oxygens (including phenoxy) is 1. The number of carbonyl (C=O) groups excluding carboxylic acids is 2. The first-order valence-electron chi connectivity index (χ1n) is 17.0. The van der Waals surface area contributed by atoms with Crippen molar-refractivity contribution in [1.29, 1.82) is 5.26 Å². The normalized spacial score (nSPS) is 14.5. The Bertz CT molecular complexity index is 2240. The molecule has 0 radical (unpaired) electrons. The number of aromatic nitrogens is 3. The molecule has 10 nitrogen and oxygen atoms in total. The number of nitriles is 1. The molecule has 1 N–H and O–H groups in total. The van der Waals surface area contributed by atoms with Crippen LogP contribution in [0.4, 0.5) is 16.2 Å². The number of amides is 2. The van der Waals surface area contributed by atoms with Crippen LogP contribution in [0.25, 0.3) is 21.9 Å². The fraction of sp³-hybridized carbons (Fsp3) is 0.341. The lowest BCUT2D eigenvalue weighted by Gasteiger charge is -2.33. The molecule has 51 heavy (non-hydrogen) atoms. The van der Waals surface area contributed by atoms with Gasteiger partial charge in [0.2, 0.25) is 5.88 Å². The number of hydrazine groups is 1. The van der Waals surface area contributed by atoms with Gasteiger partial charge < -0.3 is 4.74 Å². The Morgan fingerprint density at radius 1 is 1.06 bits per heavy atom. The standard InChI is InChI=1S/C41H43N7O3/c1-26-18-19-30(40(5,6)24-39(2,3)4)22-29(26)21-27-14-13-15-28(20-27)34-44-45-35-32(23-42)33(43-9)36(47(34)35)51-38(50)48-37(49)41(7,8)25-46(48)31-16-11-10-12-17-31/h10-20,22,45H,21,24-25H2,1-8H3. The summed E-state index contributed by atoms with van der Waals surface area (Å²) in [5.74, 6) is -0.285. The average Bonchev–Trinajstić information content (AvgIpc) is 3.70. The van der Waals surface area contributed by atoms with Crippen LogP contribution in [0.3, 0.4) is 0 Å². The molecule has 1 aliphatic rings. The third-order valence-electron chi connectivity index (χ3n) is 9.46. The predicted molar refractivity (Wildman–Crippen MR) is 197 cm³/mol. The van der Waals surface area contributed by atoms with E-state index in [0.29, 0.717) is 23.5 Å². The first kappa shape index (κ1) is 35.0. The van der Waals surface area contributed by atoms with E-state index in [2.05, 4.69) is 86.9 Å². The zero-order chi connectivity index (χ0) is 36.9. The summed E-state index contributed by atoms with van der Waals surface area (Å²) in [7, 11) is 0. The number of fused-ring (bicyclic) bond motifs is 1. The quantitative estimate of drug-likeness (QED) is 0.172. The second-order valence-corrected chi connectivity index (χ2v) is 15.9. The van der Waals surface area contributed by atoms with Crippen molar-refractivity contribution in [3.05, 3.63) is 112 Å². The van der Waals surface area contributed by atoms with Crippen LogP contribution < -0.4 is 9.75 Å². The molecule has 1 fully saturated rings. The number of anilines is 1. The number of rotatable bonds is 7. The van der Waals surface area contributed by atoms with E-state index in [1.54, 1.807) is 31.0 Å². The maximum absolute atomic E-state index is 14.0. The Hall–Kier alpha value is -5.87. The molecule has 0 bridgehead atoms. The third-order valence-corrected chi connectivity index (χ3v) is 9.46. The summed E-state index contributed by atoms with van der Waals surface area (Å²) < 4.78 is 7.41. The molecule has 0 unspecified atom stereocenters. The number of hydrogen-bond acceptors (Lipinski definition) is 6. The van der Waals surface area contributed by atoms with E-state index in [0.717, 1.165) is 17.0 Å². The molecule has 5 aromatic rings. The number of hydrogen-bond donors (Lipinski definition) is 1. The molecule has 1 aliphatic heterocycles. The smallest absolute Gasteiger partial charge is 0.401 e. The van der Waals surface area contributed by atoms with E-state index >= 15 is 0 Å². The molecule has 3 heterocycles. The minimum Gasteiger partial charge on any atom is -0.401 e. The summed E-state index contributed by atoms with van der Waals surface area (Å²) in [6.45, 7) is 25.2. The van der Waals surface area contributed by atoms with E-state index in [1.807, 2.05) is 36.4 Å². The number of carbonyl (C=O) groups is 2. The molecule has 2 amide bonds. The van der Waals surface area contributed by atoms with Crippen molar-refractivity contribution in [3.8, 4) is 23.3 Å². The highest BCUT2D eigenvalue weighted by Crippen LogP contribution is 2.42. The van der Waals surface area contributed by atoms with Gasteiger partial charge in [0, 0.05) is 5.56 Å². The van der Waals surface area contributed by atoms with Gasteiger partial charge in [0.1, 0.15) is 11.2 Å². The summed E-state index contributed by atoms with van der Waals surface area (Å²) >= 11 is 0. The van der Waals surface area contributed by atoms with Crippen LogP contribution in [0.2, 0.25) is 0 Å². The zero-order valence-electron chi connectivity index (χ0n) is 30.5. The van der Waals surface area contributed by atoms with Crippen LogP contribution in [0.15, 0.2) is 72.8 Å². The van der Waals surface area contributed by atoms with Crippen molar-refractivity contribution in [1.82, 2.24) is 19.6 Å². The molecule has 0 atom stereocenters. The fourth-order valence-electron chi connectivity index (χ4n) is 7.27. The number of H-pyrrole nitrogens is 1. The summed E-state index contributed by atoms with van der Waals surface area (Å²) in [5, 5.41) is 20.0. The minimum absolute atomic E-state index is 0.00191. The van der Waals surface area contributed by atoms with Gasteiger partial charge in [0.05, 0.1) is 30.3 Å².